The first-order chi connectivity index (χ1) is 8.55. The van der Waals surface area contributed by atoms with Gasteiger partial charge in [-0.05, 0) is 30.9 Å². The van der Waals surface area contributed by atoms with Gasteiger partial charge in [-0.1, -0.05) is 0 Å². The minimum absolute atomic E-state index is 0.0294. The van der Waals surface area contributed by atoms with Gasteiger partial charge in [0.15, 0.2) is 0 Å². The first-order valence-corrected chi connectivity index (χ1v) is 7.31. The van der Waals surface area contributed by atoms with Crippen LogP contribution >= 0.6 is 0 Å². The van der Waals surface area contributed by atoms with Crippen molar-refractivity contribution in [2.24, 2.45) is 5.92 Å². The lowest BCUT2D eigenvalue weighted by Gasteiger charge is -2.30. The van der Waals surface area contributed by atoms with Crippen LogP contribution in [0.2, 0.25) is 0 Å². The molecule has 6 nitrogen and oxygen atoms in total. The van der Waals surface area contributed by atoms with E-state index in [1.54, 1.807) is 6.07 Å². The van der Waals surface area contributed by atoms with Crippen molar-refractivity contribution < 1.29 is 13.5 Å². The molecular weight excluding hydrogens is 254 g/mol. The first-order valence-electron chi connectivity index (χ1n) is 5.87. The molecule has 18 heavy (non-hydrogen) atoms. The molecule has 0 radical (unpaired) electrons. The number of nitrogen functional groups attached to an aromatic ring is 1. The Balaban J connectivity index is 2.20. The van der Waals surface area contributed by atoms with E-state index in [9.17, 15) is 8.42 Å². The fourth-order valence-electron chi connectivity index (χ4n) is 2.09. The lowest BCUT2D eigenvalue weighted by Crippen LogP contribution is -2.39. The van der Waals surface area contributed by atoms with Crippen molar-refractivity contribution >= 4 is 15.8 Å². The van der Waals surface area contributed by atoms with Crippen LogP contribution in [0, 0.1) is 5.92 Å². The minimum atomic E-state index is -3.56. The quantitative estimate of drug-likeness (QED) is 0.810. The third-order valence-electron chi connectivity index (χ3n) is 3.25. The number of anilines is 1. The zero-order valence-corrected chi connectivity index (χ0v) is 10.8. The van der Waals surface area contributed by atoms with Gasteiger partial charge in [0.2, 0.25) is 10.0 Å². The van der Waals surface area contributed by atoms with Crippen LogP contribution in [0.4, 0.5) is 5.82 Å². The Morgan fingerprint density at radius 2 is 2.11 bits per heavy atom. The summed E-state index contributed by atoms with van der Waals surface area (Å²) in [4.78, 5) is 3.87. The molecule has 100 valence electrons. The Labute approximate surface area is 106 Å². The molecule has 2 rings (SSSR count). The summed E-state index contributed by atoms with van der Waals surface area (Å²) < 4.78 is 26.1. The SMILES string of the molecule is Nc1ncccc1S(=O)(=O)N1CCC(CO)CC1. The van der Waals surface area contributed by atoms with Crippen molar-refractivity contribution in [1.29, 1.82) is 0 Å². The lowest BCUT2D eigenvalue weighted by molar-refractivity contribution is 0.170. The number of sulfonamides is 1. The van der Waals surface area contributed by atoms with Crippen LogP contribution in [0.15, 0.2) is 23.2 Å². The number of hydrogen-bond acceptors (Lipinski definition) is 5. The highest BCUT2D eigenvalue weighted by Gasteiger charge is 2.30. The van der Waals surface area contributed by atoms with Gasteiger partial charge in [0.25, 0.3) is 0 Å². The lowest BCUT2D eigenvalue weighted by atomic mass is 10.00. The molecule has 0 unspecified atom stereocenters. The number of aliphatic hydroxyl groups is 1. The van der Waals surface area contributed by atoms with Gasteiger partial charge in [0.1, 0.15) is 10.7 Å². The fraction of sp³-hybridized carbons (Fsp3) is 0.545. The summed E-state index contributed by atoms with van der Waals surface area (Å²) in [5, 5.41) is 9.04. The Kier molecular flexibility index (Phi) is 3.84. The molecule has 1 fully saturated rings. The molecule has 1 aliphatic heterocycles. The summed E-state index contributed by atoms with van der Waals surface area (Å²) in [5.74, 6) is 0.226. The maximum absolute atomic E-state index is 12.3. The van der Waals surface area contributed by atoms with Gasteiger partial charge in [-0.25, -0.2) is 13.4 Å². The number of rotatable bonds is 3. The van der Waals surface area contributed by atoms with E-state index >= 15 is 0 Å². The maximum atomic E-state index is 12.3. The molecule has 0 bridgehead atoms. The van der Waals surface area contributed by atoms with Crippen LogP contribution in [0.1, 0.15) is 12.8 Å². The van der Waals surface area contributed by atoms with Crippen LogP contribution in [-0.4, -0.2) is 42.5 Å². The Morgan fingerprint density at radius 3 is 2.67 bits per heavy atom. The summed E-state index contributed by atoms with van der Waals surface area (Å²) in [7, 11) is -3.56. The largest absolute Gasteiger partial charge is 0.396 e. The van der Waals surface area contributed by atoms with Crippen LogP contribution in [0.5, 0.6) is 0 Å². The Bertz CT molecular complexity index is 510. The standard InChI is InChI=1S/C11H17N3O3S/c12-11-10(2-1-5-13-11)18(16,17)14-6-3-9(8-15)4-7-14/h1-2,5,9,15H,3-4,6-8H2,(H2,12,13). The number of nitrogens with zero attached hydrogens (tertiary/aromatic N) is 2. The molecule has 2 heterocycles. The van der Waals surface area contributed by atoms with E-state index in [1.807, 2.05) is 0 Å². The van der Waals surface area contributed by atoms with Gasteiger partial charge >= 0.3 is 0 Å². The zero-order valence-electron chi connectivity index (χ0n) is 9.99. The number of piperidine rings is 1. The third kappa shape index (κ3) is 2.47. The van der Waals surface area contributed by atoms with Crippen molar-refractivity contribution in [3.05, 3.63) is 18.3 Å². The van der Waals surface area contributed by atoms with E-state index in [0.717, 1.165) is 0 Å². The fourth-order valence-corrected chi connectivity index (χ4v) is 3.63. The van der Waals surface area contributed by atoms with E-state index in [0.29, 0.717) is 25.9 Å². The van der Waals surface area contributed by atoms with Crippen LogP contribution in [-0.2, 0) is 10.0 Å². The van der Waals surface area contributed by atoms with Crippen LogP contribution < -0.4 is 5.73 Å². The van der Waals surface area contributed by atoms with E-state index in [-0.39, 0.29) is 23.2 Å². The van der Waals surface area contributed by atoms with Crippen LogP contribution in [0.25, 0.3) is 0 Å². The van der Waals surface area contributed by atoms with E-state index in [4.69, 9.17) is 10.8 Å². The molecule has 1 saturated heterocycles. The molecular formula is C11H17N3O3S. The van der Waals surface area contributed by atoms with Gasteiger partial charge in [0.05, 0.1) is 0 Å². The van der Waals surface area contributed by atoms with Crippen molar-refractivity contribution in [3.8, 4) is 0 Å². The summed E-state index contributed by atoms with van der Waals surface area (Å²) in [6.07, 6.45) is 2.82. The second-order valence-electron chi connectivity index (χ2n) is 4.42. The number of nitrogens with two attached hydrogens (primary N) is 1. The molecule has 0 spiro atoms. The molecule has 0 atom stereocenters. The second-order valence-corrected chi connectivity index (χ2v) is 6.32. The number of hydrogen-bond donors (Lipinski definition) is 2. The molecule has 1 aliphatic rings. The molecule has 7 heteroatoms. The zero-order chi connectivity index (χ0) is 13.2. The molecule has 3 N–H and O–H groups in total. The van der Waals surface area contributed by atoms with Crippen molar-refractivity contribution in [1.82, 2.24) is 9.29 Å². The molecule has 0 aromatic carbocycles. The molecule has 0 aliphatic carbocycles. The minimum Gasteiger partial charge on any atom is -0.396 e. The average molecular weight is 271 g/mol. The molecule has 1 aromatic rings. The van der Waals surface area contributed by atoms with Crippen molar-refractivity contribution in [3.63, 3.8) is 0 Å². The van der Waals surface area contributed by atoms with Gasteiger partial charge in [-0.15, -0.1) is 0 Å². The summed E-state index contributed by atoms with van der Waals surface area (Å²) in [6, 6.07) is 3.03. The van der Waals surface area contributed by atoms with Crippen molar-refractivity contribution in [2.45, 2.75) is 17.7 Å². The van der Waals surface area contributed by atoms with Gasteiger partial charge in [-0.3, -0.25) is 0 Å². The van der Waals surface area contributed by atoms with Gasteiger partial charge in [0, 0.05) is 25.9 Å². The topological polar surface area (TPSA) is 96.5 Å². The van der Waals surface area contributed by atoms with E-state index in [1.165, 1.54) is 16.6 Å². The highest BCUT2D eigenvalue weighted by Crippen LogP contribution is 2.25. The van der Waals surface area contributed by atoms with Crippen molar-refractivity contribution in [2.75, 3.05) is 25.4 Å². The van der Waals surface area contributed by atoms with E-state index in [2.05, 4.69) is 4.98 Å². The second kappa shape index (κ2) is 5.21. The maximum Gasteiger partial charge on any atom is 0.246 e. The number of aliphatic hydroxyl groups excluding tert-OH is 1. The van der Waals surface area contributed by atoms with Gasteiger partial charge in [-0.2, -0.15) is 4.31 Å². The number of pyridine rings is 1. The van der Waals surface area contributed by atoms with Gasteiger partial charge < -0.3 is 10.8 Å². The highest BCUT2D eigenvalue weighted by molar-refractivity contribution is 7.89. The predicted octanol–water partition coefficient (Wildman–Crippen LogP) is 0.0568. The highest BCUT2D eigenvalue weighted by atomic mass is 32.2. The normalized spacial score (nSPS) is 18.9. The van der Waals surface area contributed by atoms with E-state index < -0.39 is 10.0 Å². The third-order valence-corrected chi connectivity index (χ3v) is 5.20. The molecule has 1 aromatic heterocycles. The summed E-state index contributed by atoms with van der Waals surface area (Å²) >= 11 is 0. The first kappa shape index (κ1) is 13.3. The summed E-state index contributed by atoms with van der Waals surface area (Å²) in [6.45, 7) is 0.951. The number of aromatic nitrogens is 1. The monoisotopic (exact) mass is 271 g/mol. The Morgan fingerprint density at radius 1 is 1.44 bits per heavy atom. The summed E-state index contributed by atoms with van der Waals surface area (Å²) in [5.41, 5.74) is 5.61. The Hall–Kier alpha value is -1.18. The smallest absolute Gasteiger partial charge is 0.246 e. The average Bonchev–Trinajstić information content (AvgIpc) is 2.39. The molecule has 0 amide bonds. The van der Waals surface area contributed by atoms with Crippen LogP contribution in [0.3, 0.4) is 0 Å². The predicted molar refractivity (Wildman–Crippen MR) is 67.2 cm³/mol. The molecule has 0 saturated carbocycles.